The van der Waals surface area contributed by atoms with Gasteiger partial charge in [-0.3, -0.25) is 9.59 Å². The number of benzene rings is 2. The lowest BCUT2D eigenvalue weighted by molar-refractivity contribution is -0.525. The number of hydrogen-bond acceptors (Lipinski definition) is 9. The molecule has 0 radical (unpaired) electrons. The normalized spacial score (nSPS) is 13.5. The summed E-state index contributed by atoms with van der Waals surface area (Å²) >= 11 is 0. The predicted octanol–water partition coefficient (Wildman–Crippen LogP) is 1.87. The molecule has 3 amide bonds. The maximum atomic E-state index is 13.8. The van der Waals surface area contributed by atoms with Gasteiger partial charge in [0.1, 0.15) is 23.7 Å². The summed E-state index contributed by atoms with van der Waals surface area (Å²) in [5.74, 6) is -2.52. The SMILES string of the molecule is COC(=O)C(Cc1c[nH]c2ccccc12)NC(=O)[C@H](CCCN=C(N)N[N+](=O)[O-])NC(=O)[C@@H](Cc1ccccc1)NC(=O)OC(C)(C)C. The van der Waals surface area contributed by atoms with Crippen LogP contribution in [0.3, 0.4) is 0 Å². The number of aromatic nitrogens is 1. The Morgan fingerprint density at radius 1 is 0.938 bits per heavy atom. The Labute approximate surface area is 277 Å². The number of hydrazine groups is 1. The Morgan fingerprint density at radius 2 is 1.58 bits per heavy atom. The molecule has 258 valence electrons. The van der Waals surface area contributed by atoms with Crippen LogP contribution in [0.2, 0.25) is 0 Å². The van der Waals surface area contributed by atoms with Crippen LogP contribution in [0.5, 0.6) is 0 Å². The van der Waals surface area contributed by atoms with Gasteiger partial charge in [-0.15, -0.1) is 0 Å². The van der Waals surface area contributed by atoms with Gasteiger partial charge in [-0.2, -0.15) is 0 Å². The lowest BCUT2D eigenvalue weighted by atomic mass is 10.0. The second-order valence-electron chi connectivity index (χ2n) is 11.9. The van der Waals surface area contributed by atoms with Crippen molar-refractivity contribution in [2.45, 2.75) is 70.2 Å². The number of guanidine groups is 1. The number of nitrogens with one attached hydrogen (secondary N) is 5. The van der Waals surface area contributed by atoms with Crippen LogP contribution in [0.4, 0.5) is 4.79 Å². The molecule has 3 rings (SSSR count). The summed E-state index contributed by atoms with van der Waals surface area (Å²) in [6, 6.07) is 13.0. The van der Waals surface area contributed by atoms with Gasteiger partial charge < -0.3 is 36.1 Å². The number of aliphatic imine (C=N–C) groups is 1. The Balaban J connectivity index is 1.84. The van der Waals surface area contributed by atoms with Gasteiger partial charge in [-0.1, -0.05) is 54.0 Å². The Hall–Kier alpha value is -5.67. The Morgan fingerprint density at radius 3 is 2.25 bits per heavy atom. The molecule has 3 atom stereocenters. The van der Waals surface area contributed by atoms with Gasteiger partial charge in [0, 0.05) is 36.5 Å². The van der Waals surface area contributed by atoms with Crippen LogP contribution in [0, 0.1) is 10.1 Å². The first-order valence-electron chi connectivity index (χ1n) is 15.2. The molecule has 1 aromatic heterocycles. The molecule has 16 heteroatoms. The van der Waals surface area contributed by atoms with Crippen LogP contribution in [-0.2, 0) is 36.7 Å². The van der Waals surface area contributed by atoms with Crippen LogP contribution < -0.4 is 27.1 Å². The van der Waals surface area contributed by atoms with E-state index in [1.165, 1.54) is 7.11 Å². The zero-order valence-electron chi connectivity index (χ0n) is 27.3. The van der Waals surface area contributed by atoms with Crippen molar-refractivity contribution < 1.29 is 33.7 Å². The van der Waals surface area contributed by atoms with Gasteiger partial charge in [0.2, 0.25) is 11.8 Å². The number of para-hydroxylation sites is 1. The highest BCUT2D eigenvalue weighted by molar-refractivity contribution is 5.93. The highest BCUT2D eigenvalue weighted by Gasteiger charge is 2.31. The number of aromatic amines is 1. The number of carbonyl (C=O) groups excluding carboxylic acids is 4. The number of alkyl carbamates (subject to hydrolysis) is 1. The van der Waals surface area contributed by atoms with E-state index in [1.54, 1.807) is 56.7 Å². The minimum Gasteiger partial charge on any atom is -0.467 e. The maximum Gasteiger partial charge on any atom is 0.408 e. The standard InChI is InChI=1S/C32H42N8O8/c1-32(2,3)48-31(44)38-25(17-20-11-6-5-7-12-20)28(42)36-24(15-10-16-34-30(33)39-40(45)46)27(41)37-26(29(43)47-4)18-21-19-35-23-14-9-8-13-22(21)23/h5-9,11-14,19,24-26,35H,10,15-18H2,1-4H3,(H,36,42)(H,37,41)(H,38,44)(H3,33,34,39)/t24-,25+,26?/m0/s1. The fourth-order valence-corrected chi connectivity index (χ4v) is 4.80. The zero-order valence-corrected chi connectivity index (χ0v) is 27.3. The van der Waals surface area contributed by atoms with E-state index in [4.69, 9.17) is 15.2 Å². The number of hydrogen-bond donors (Lipinski definition) is 6. The summed E-state index contributed by atoms with van der Waals surface area (Å²) in [6.45, 7) is 5.03. The Kier molecular flexibility index (Phi) is 13.3. The first kappa shape index (κ1) is 36.8. The van der Waals surface area contributed by atoms with Gasteiger partial charge in [-0.05, 0) is 50.8 Å². The quantitative estimate of drug-likeness (QED) is 0.0344. The average molecular weight is 667 g/mol. The van der Waals surface area contributed by atoms with Gasteiger partial charge >= 0.3 is 12.1 Å². The van der Waals surface area contributed by atoms with Gasteiger partial charge in [0.25, 0.3) is 5.96 Å². The van der Waals surface area contributed by atoms with Crippen molar-refractivity contribution in [3.05, 3.63) is 82.0 Å². The van der Waals surface area contributed by atoms with Crippen LogP contribution >= 0.6 is 0 Å². The number of carbonyl (C=O) groups is 4. The molecule has 16 nitrogen and oxygen atoms in total. The molecule has 0 saturated heterocycles. The van der Waals surface area contributed by atoms with E-state index in [9.17, 15) is 29.3 Å². The lowest BCUT2D eigenvalue weighted by Crippen LogP contribution is -2.57. The largest absolute Gasteiger partial charge is 0.467 e. The molecule has 0 spiro atoms. The predicted molar refractivity (Wildman–Crippen MR) is 177 cm³/mol. The fraction of sp³-hybridized carbons (Fsp3) is 0.406. The van der Waals surface area contributed by atoms with Crippen molar-refractivity contribution in [2.24, 2.45) is 10.7 Å². The van der Waals surface area contributed by atoms with Crippen LogP contribution in [-0.4, -0.2) is 77.2 Å². The first-order valence-corrected chi connectivity index (χ1v) is 15.2. The fourth-order valence-electron chi connectivity index (χ4n) is 4.80. The zero-order chi connectivity index (χ0) is 35.3. The van der Waals surface area contributed by atoms with Crippen LogP contribution in [0.1, 0.15) is 44.7 Å². The molecule has 1 unspecified atom stereocenters. The third-order valence-corrected chi connectivity index (χ3v) is 6.96. The summed E-state index contributed by atoms with van der Waals surface area (Å²) in [5.41, 5.74) is 8.74. The first-order chi connectivity index (χ1) is 22.8. The number of rotatable bonds is 15. The molecule has 0 aliphatic carbocycles. The number of esters is 1. The molecule has 0 saturated carbocycles. The monoisotopic (exact) mass is 666 g/mol. The molecule has 3 aromatic rings. The van der Waals surface area contributed by atoms with E-state index in [2.05, 4.69) is 25.9 Å². The molecule has 7 N–H and O–H groups in total. The summed E-state index contributed by atoms with van der Waals surface area (Å²) in [6.07, 6.45) is 1.24. The average Bonchev–Trinajstić information content (AvgIpc) is 3.43. The number of nitrogens with two attached hydrogens (primary N) is 1. The number of nitrogens with zero attached hydrogens (tertiary/aromatic N) is 2. The molecule has 2 aromatic carbocycles. The highest BCUT2D eigenvalue weighted by atomic mass is 16.7. The van der Waals surface area contributed by atoms with Crippen molar-refractivity contribution in [3.63, 3.8) is 0 Å². The van der Waals surface area contributed by atoms with E-state index >= 15 is 0 Å². The van der Waals surface area contributed by atoms with Gasteiger partial charge in [0.15, 0.2) is 5.03 Å². The van der Waals surface area contributed by atoms with Gasteiger partial charge in [0.05, 0.1) is 7.11 Å². The number of ether oxygens (including phenoxy) is 2. The minimum absolute atomic E-state index is 0.00170. The number of methoxy groups -OCH3 is 1. The summed E-state index contributed by atoms with van der Waals surface area (Å²) in [4.78, 5) is 70.6. The molecular formula is C32H42N8O8. The Bertz CT molecular complexity index is 1600. The van der Waals surface area contributed by atoms with Gasteiger partial charge in [-0.25, -0.2) is 24.7 Å². The van der Waals surface area contributed by atoms with Crippen molar-refractivity contribution >= 4 is 40.7 Å². The lowest BCUT2D eigenvalue weighted by Gasteiger charge is -2.26. The molecule has 0 bridgehead atoms. The van der Waals surface area contributed by atoms with E-state index in [1.807, 2.05) is 30.3 Å². The van der Waals surface area contributed by atoms with Crippen molar-refractivity contribution in [1.82, 2.24) is 26.4 Å². The summed E-state index contributed by atoms with van der Waals surface area (Å²) in [7, 11) is 1.20. The maximum absolute atomic E-state index is 13.8. The van der Waals surface area contributed by atoms with E-state index in [-0.39, 0.29) is 32.2 Å². The van der Waals surface area contributed by atoms with Crippen LogP contribution in [0.15, 0.2) is 65.8 Å². The van der Waals surface area contributed by atoms with E-state index in [0.29, 0.717) is 0 Å². The molecule has 0 aliphatic rings. The number of nitro groups is 1. The number of amides is 3. The van der Waals surface area contributed by atoms with E-state index in [0.717, 1.165) is 22.0 Å². The van der Waals surface area contributed by atoms with E-state index < -0.39 is 58.6 Å². The highest BCUT2D eigenvalue weighted by Crippen LogP contribution is 2.19. The van der Waals surface area contributed by atoms with Crippen molar-refractivity contribution in [1.29, 1.82) is 0 Å². The van der Waals surface area contributed by atoms with Crippen molar-refractivity contribution in [3.8, 4) is 0 Å². The van der Waals surface area contributed by atoms with Crippen molar-refractivity contribution in [2.75, 3.05) is 13.7 Å². The molecule has 48 heavy (non-hydrogen) atoms. The topological polar surface area (TPSA) is 232 Å². The summed E-state index contributed by atoms with van der Waals surface area (Å²) in [5, 5.41) is 18.6. The summed E-state index contributed by atoms with van der Waals surface area (Å²) < 4.78 is 10.3. The smallest absolute Gasteiger partial charge is 0.408 e. The molecular weight excluding hydrogens is 624 g/mol. The van der Waals surface area contributed by atoms with Crippen LogP contribution in [0.25, 0.3) is 10.9 Å². The third kappa shape index (κ3) is 11.9. The number of H-pyrrole nitrogens is 1. The molecule has 1 heterocycles. The molecule has 0 fully saturated rings. The third-order valence-electron chi connectivity index (χ3n) is 6.96. The molecule has 0 aliphatic heterocycles. The minimum atomic E-state index is -1.22. The second-order valence-corrected chi connectivity index (χ2v) is 11.9. The number of fused-ring (bicyclic) bond motifs is 1. The second kappa shape index (κ2) is 17.3.